The van der Waals surface area contributed by atoms with Gasteiger partial charge in [0.15, 0.2) is 18.5 Å². The topological polar surface area (TPSA) is 102 Å². The monoisotopic (exact) mass is 531 g/mol. The summed E-state index contributed by atoms with van der Waals surface area (Å²) in [6.45, 7) is 5.86. The fraction of sp³-hybridized carbons (Fsp3) is 0.481. The molecule has 2 aromatic rings. The Labute approximate surface area is 221 Å². The van der Waals surface area contributed by atoms with Gasteiger partial charge in [-0.3, -0.25) is 0 Å². The molecule has 0 aliphatic carbocycles. The predicted octanol–water partition coefficient (Wildman–Crippen LogP) is 4.32. The Kier molecular flexibility index (Phi) is 9.31. The summed E-state index contributed by atoms with van der Waals surface area (Å²) >= 11 is 1.46. The summed E-state index contributed by atoms with van der Waals surface area (Å²) in [5, 5.41) is 2.74. The average Bonchev–Trinajstić information content (AvgIpc) is 2.90. The summed E-state index contributed by atoms with van der Waals surface area (Å²) in [6, 6.07) is 15.8. The van der Waals surface area contributed by atoms with Crippen molar-refractivity contribution in [3.05, 3.63) is 65.7 Å². The van der Waals surface area contributed by atoms with E-state index in [9.17, 15) is 9.59 Å². The largest absolute Gasteiger partial charge is 0.497 e. The Morgan fingerprint density at radius 1 is 1.03 bits per heavy atom. The third-order valence-electron chi connectivity index (χ3n) is 5.90. The normalized spacial score (nSPS) is 27.2. The van der Waals surface area contributed by atoms with E-state index in [4.69, 9.17) is 28.4 Å². The van der Waals surface area contributed by atoms with Gasteiger partial charge in [-0.15, -0.1) is 11.8 Å². The van der Waals surface area contributed by atoms with Crippen LogP contribution in [0.25, 0.3) is 0 Å². The summed E-state index contributed by atoms with van der Waals surface area (Å²) in [5.41, 5.74) is 0.576. The molecule has 0 bridgehead atoms. The molecule has 2 aromatic carbocycles. The molecule has 2 aliphatic heterocycles. The molecule has 0 saturated carbocycles. The molecule has 10 heteroatoms. The molecule has 1 N–H and O–H groups in total. The van der Waals surface area contributed by atoms with Crippen LogP contribution in [0.4, 0.5) is 4.79 Å². The van der Waals surface area contributed by atoms with E-state index in [1.54, 1.807) is 31.4 Å². The molecule has 2 fully saturated rings. The number of nitrogens with one attached hydrogen (secondary N) is 1. The van der Waals surface area contributed by atoms with Crippen LogP contribution < -0.4 is 10.1 Å². The number of thioether (sulfide) groups is 1. The van der Waals surface area contributed by atoms with E-state index in [0.717, 1.165) is 5.56 Å². The van der Waals surface area contributed by atoms with E-state index in [1.165, 1.54) is 11.8 Å². The second kappa shape index (κ2) is 12.6. The average molecular weight is 532 g/mol. The molecule has 2 saturated heterocycles. The second-order valence-corrected chi connectivity index (χ2v) is 10.3. The van der Waals surface area contributed by atoms with Gasteiger partial charge in [-0.1, -0.05) is 37.3 Å². The summed E-state index contributed by atoms with van der Waals surface area (Å²) in [6.07, 6.45) is -4.46. The van der Waals surface area contributed by atoms with Crippen molar-refractivity contribution in [1.29, 1.82) is 0 Å². The third-order valence-corrected chi connectivity index (χ3v) is 6.95. The number of esters is 1. The molecule has 0 radical (unpaired) electrons. The van der Waals surface area contributed by atoms with Crippen molar-refractivity contribution in [2.75, 3.05) is 19.5 Å². The van der Waals surface area contributed by atoms with E-state index in [2.05, 4.69) is 5.32 Å². The van der Waals surface area contributed by atoms with Crippen LogP contribution in [-0.2, 0) is 23.7 Å². The van der Waals surface area contributed by atoms with Crippen molar-refractivity contribution >= 4 is 23.8 Å². The van der Waals surface area contributed by atoms with Gasteiger partial charge in [0.25, 0.3) is 0 Å². The van der Waals surface area contributed by atoms with Crippen molar-refractivity contribution in [3.8, 4) is 5.75 Å². The lowest BCUT2D eigenvalue weighted by Gasteiger charge is -2.48. The number of benzene rings is 2. The molecule has 0 spiro atoms. The number of alkyl carbamates (subject to hydrolysis) is 1. The quantitative estimate of drug-likeness (QED) is 0.499. The van der Waals surface area contributed by atoms with Crippen molar-refractivity contribution in [3.63, 3.8) is 0 Å². The van der Waals surface area contributed by atoms with Crippen LogP contribution >= 0.6 is 11.8 Å². The fourth-order valence-corrected chi connectivity index (χ4v) is 5.14. The first-order chi connectivity index (χ1) is 17.9. The Bertz CT molecular complexity index is 1030. The minimum atomic E-state index is -0.932. The van der Waals surface area contributed by atoms with Gasteiger partial charge in [-0.25, -0.2) is 9.59 Å². The minimum Gasteiger partial charge on any atom is -0.497 e. The predicted molar refractivity (Wildman–Crippen MR) is 138 cm³/mol. The first-order valence-electron chi connectivity index (χ1n) is 12.3. The number of amides is 1. The zero-order valence-corrected chi connectivity index (χ0v) is 22.1. The maximum absolute atomic E-state index is 13.1. The van der Waals surface area contributed by atoms with E-state index in [0.29, 0.717) is 17.1 Å². The zero-order valence-electron chi connectivity index (χ0n) is 21.3. The highest BCUT2D eigenvalue weighted by atomic mass is 32.2. The Morgan fingerprint density at radius 2 is 1.76 bits per heavy atom. The Balaban J connectivity index is 1.62. The highest BCUT2D eigenvalue weighted by Crippen LogP contribution is 2.39. The SMILES string of the molecule is CCS[C@@H]1O[C@@H]2COC(c3ccc(OC)cc3)O[C@H]2[C@H](OC(=O)NC(C)C)[C@H]1OC(=O)c1ccccc1. The summed E-state index contributed by atoms with van der Waals surface area (Å²) in [5.74, 6) is 0.867. The van der Waals surface area contributed by atoms with Crippen molar-refractivity contribution in [1.82, 2.24) is 5.32 Å². The fourth-order valence-electron chi connectivity index (χ4n) is 4.19. The summed E-state index contributed by atoms with van der Waals surface area (Å²) < 4.78 is 35.7. The van der Waals surface area contributed by atoms with Crippen LogP contribution in [0, 0.1) is 0 Å². The highest BCUT2D eigenvalue weighted by molar-refractivity contribution is 7.99. The lowest BCUT2D eigenvalue weighted by Crippen LogP contribution is -2.63. The second-order valence-electron chi connectivity index (χ2n) is 8.94. The van der Waals surface area contributed by atoms with Crippen molar-refractivity contribution in [2.45, 2.75) is 63.0 Å². The standard InChI is InChI=1S/C27H33NO8S/c1-5-37-26-23(34-24(29)17-9-7-6-8-10-17)22(36-27(30)28-16(2)3)21-20(33-26)15-32-25(35-21)18-11-13-19(31-4)14-12-18/h6-14,16,20-23,25-26H,5,15H2,1-4H3,(H,28,30)/t20-,21-,22+,23-,25?,26+/m1/s1. The van der Waals surface area contributed by atoms with Crippen LogP contribution in [-0.4, -0.2) is 67.4 Å². The van der Waals surface area contributed by atoms with Crippen molar-refractivity contribution in [2.24, 2.45) is 0 Å². The molecule has 200 valence electrons. The number of carbonyl (C=O) groups excluding carboxylic acids is 2. The van der Waals surface area contributed by atoms with Gasteiger partial charge < -0.3 is 33.7 Å². The van der Waals surface area contributed by atoms with Crippen LogP contribution in [0.15, 0.2) is 54.6 Å². The van der Waals surface area contributed by atoms with Crippen molar-refractivity contribution < 1.29 is 38.0 Å². The van der Waals surface area contributed by atoms with Crippen LogP contribution in [0.1, 0.15) is 43.0 Å². The van der Waals surface area contributed by atoms with E-state index in [-0.39, 0.29) is 12.6 Å². The van der Waals surface area contributed by atoms with Gasteiger partial charge in [0.1, 0.15) is 23.4 Å². The first kappa shape index (κ1) is 27.3. The molecule has 37 heavy (non-hydrogen) atoms. The number of methoxy groups -OCH3 is 1. The minimum absolute atomic E-state index is 0.142. The smallest absolute Gasteiger partial charge is 0.407 e. The number of ether oxygens (including phenoxy) is 6. The van der Waals surface area contributed by atoms with Gasteiger partial charge in [0.2, 0.25) is 0 Å². The lowest BCUT2D eigenvalue weighted by atomic mass is 9.98. The third kappa shape index (κ3) is 6.75. The van der Waals surface area contributed by atoms with E-state index in [1.807, 2.05) is 51.1 Å². The van der Waals surface area contributed by atoms with E-state index < -0.39 is 48.2 Å². The Hall–Kier alpha value is -2.79. The van der Waals surface area contributed by atoms with Crippen LogP contribution in [0.2, 0.25) is 0 Å². The number of carbonyl (C=O) groups is 2. The van der Waals surface area contributed by atoms with E-state index >= 15 is 0 Å². The maximum atomic E-state index is 13.1. The molecule has 1 amide bonds. The van der Waals surface area contributed by atoms with Gasteiger partial charge >= 0.3 is 12.1 Å². The first-order valence-corrected chi connectivity index (χ1v) is 13.4. The molecule has 9 nitrogen and oxygen atoms in total. The highest BCUT2D eigenvalue weighted by Gasteiger charge is 2.53. The van der Waals surface area contributed by atoms with Gasteiger partial charge in [-0.05, 0) is 43.9 Å². The van der Waals surface area contributed by atoms with Gasteiger partial charge in [0.05, 0.1) is 19.3 Å². The molecule has 1 unspecified atom stereocenters. The number of fused-ring (bicyclic) bond motifs is 1. The Morgan fingerprint density at radius 3 is 2.41 bits per heavy atom. The molecular weight excluding hydrogens is 498 g/mol. The summed E-state index contributed by atoms with van der Waals surface area (Å²) in [4.78, 5) is 25.8. The van der Waals surface area contributed by atoms with Crippen LogP contribution in [0.3, 0.4) is 0 Å². The lowest BCUT2D eigenvalue weighted by molar-refractivity contribution is -0.317. The maximum Gasteiger partial charge on any atom is 0.407 e. The van der Waals surface area contributed by atoms with Crippen LogP contribution in [0.5, 0.6) is 5.75 Å². The zero-order chi connectivity index (χ0) is 26.4. The number of hydrogen-bond acceptors (Lipinski definition) is 9. The molecule has 6 atom stereocenters. The van der Waals surface area contributed by atoms with Gasteiger partial charge in [0, 0.05) is 11.6 Å². The molecule has 2 aliphatic rings. The molecule has 0 aromatic heterocycles. The molecule has 4 rings (SSSR count). The number of hydrogen-bond donors (Lipinski definition) is 1. The number of rotatable bonds is 8. The summed E-state index contributed by atoms with van der Waals surface area (Å²) in [7, 11) is 1.60. The molecular formula is C27H33NO8S. The van der Waals surface area contributed by atoms with Gasteiger partial charge in [-0.2, -0.15) is 0 Å². The molecule has 2 heterocycles.